The van der Waals surface area contributed by atoms with Gasteiger partial charge in [-0.05, 0) is 80.6 Å². The molecule has 36 heavy (non-hydrogen) atoms. The van der Waals surface area contributed by atoms with Crippen molar-refractivity contribution in [3.05, 3.63) is 12.4 Å². The molecule has 1 aromatic heterocycles. The summed E-state index contributed by atoms with van der Waals surface area (Å²) in [5, 5.41) is 2.64. The predicted octanol–water partition coefficient (Wildman–Crippen LogP) is 2.70. The third kappa shape index (κ3) is 7.32. The summed E-state index contributed by atoms with van der Waals surface area (Å²) in [7, 11) is -0.512. The summed E-state index contributed by atoms with van der Waals surface area (Å²) in [6.45, 7) is 16.8. The zero-order valence-electron chi connectivity index (χ0n) is 22.9. The quantitative estimate of drug-likeness (QED) is 0.565. The molecule has 0 aliphatic carbocycles. The molecule has 2 fully saturated rings. The van der Waals surface area contributed by atoms with E-state index in [-0.39, 0.29) is 5.91 Å². The van der Waals surface area contributed by atoms with E-state index in [1.54, 1.807) is 40.1 Å². The second-order valence-electron chi connectivity index (χ2n) is 11.7. The number of hydrogen-bond acceptors (Lipinski definition) is 8. The van der Waals surface area contributed by atoms with E-state index in [0.29, 0.717) is 31.6 Å². The van der Waals surface area contributed by atoms with Gasteiger partial charge in [0.1, 0.15) is 11.6 Å². The van der Waals surface area contributed by atoms with E-state index in [9.17, 15) is 9.59 Å². The first-order valence-corrected chi connectivity index (χ1v) is 12.8. The molecule has 1 aromatic rings. The van der Waals surface area contributed by atoms with Gasteiger partial charge in [0.05, 0.1) is 17.8 Å². The van der Waals surface area contributed by atoms with Crippen LogP contribution in [0.4, 0.5) is 4.79 Å². The van der Waals surface area contributed by atoms with Crippen LogP contribution in [0.25, 0.3) is 0 Å². The van der Waals surface area contributed by atoms with Crippen molar-refractivity contribution >= 4 is 24.6 Å². The first-order chi connectivity index (χ1) is 16.7. The number of piperidine rings is 1. The van der Waals surface area contributed by atoms with Gasteiger partial charge in [-0.15, -0.1) is 0 Å². The van der Waals surface area contributed by atoms with E-state index in [0.717, 1.165) is 24.7 Å². The lowest BCUT2D eigenvalue weighted by Gasteiger charge is -2.34. The molecule has 2 atom stereocenters. The Labute approximate surface area is 215 Å². The molecule has 3 heterocycles. The van der Waals surface area contributed by atoms with E-state index in [4.69, 9.17) is 18.8 Å². The number of alkyl carbamates (subject to hydrolysis) is 1. The van der Waals surface area contributed by atoms with E-state index < -0.39 is 36.1 Å². The van der Waals surface area contributed by atoms with Gasteiger partial charge in [0.2, 0.25) is 5.91 Å². The van der Waals surface area contributed by atoms with Crippen LogP contribution in [0.5, 0.6) is 6.01 Å². The normalized spacial score (nSPS) is 22.2. The lowest BCUT2D eigenvalue weighted by Crippen LogP contribution is -2.50. The number of carbonyl (C=O) groups is 2. The first kappa shape index (κ1) is 28.2. The van der Waals surface area contributed by atoms with Crippen molar-refractivity contribution in [2.75, 3.05) is 19.7 Å². The highest BCUT2D eigenvalue weighted by Crippen LogP contribution is 2.36. The molecule has 0 saturated carbocycles. The minimum absolute atomic E-state index is 0.104. The van der Waals surface area contributed by atoms with Gasteiger partial charge >= 0.3 is 19.2 Å². The second kappa shape index (κ2) is 10.9. The SMILES string of the molecule is C[C@@H](NC(=O)OC(C)(C)C)C(=O)N1CCC[C@H](CCOc2ncc(B3OC(C)(C)C(C)(C)O3)cn2)C1. The van der Waals surface area contributed by atoms with E-state index in [1.807, 2.05) is 32.6 Å². The topological polar surface area (TPSA) is 112 Å². The molecule has 10 nitrogen and oxygen atoms in total. The molecule has 11 heteroatoms. The predicted molar refractivity (Wildman–Crippen MR) is 136 cm³/mol. The summed E-state index contributed by atoms with van der Waals surface area (Å²) < 4.78 is 23.1. The highest BCUT2D eigenvalue weighted by Gasteiger charge is 2.52. The molecular formula is C25H41BN4O6. The molecule has 0 aromatic carbocycles. The monoisotopic (exact) mass is 504 g/mol. The van der Waals surface area contributed by atoms with Crippen molar-refractivity contribution in [1.29, 1.82) is 0 Å². The van der Waals surface area contributed by atoms with E-state index >= 15 is 0 Å². The standard InChI is InChI=1S/C25H41BN4O6/c1-17(29-22(32)34-23(2,3)4)20(31)30-12-9-10-18(16-30)11-13-33-21-27-14-19(15-28-21)26-35-24(5,6)25(7,8)36-26/h14-15,17-18H,9-13,16H2,1-8H3,(H,29,32)/t17-,18-/m1/s1. The highest BCUT2D eigenvalue weighted by molar-refractivity contribution is 6.61. The van der Waals surface area contributed by atoms with Gasteiger partial charge in [-0.2, -0.15) is 0 Å². The molecule has 0 unspecified atom stereocenters. The van der Waals surface area contributed by atoms with Crippen LogP contribution in [0.3, 0.4) is 0 Å². The summed E-state index contributed by atoms with van der Waals surface area (Å²) in [4.78, 5) is 35.3. The van der Waals surface area contributed by atoms with Crippen molar-refractivity contribution in [3.63, 3.8) is 0 Å². The Morgan fingerprint density at radius 3 is 2.39 bits per heavy atom. The fourth-order valence-electron chi connectivity index (χ4n) is 4.14. The maximum absolute atomic E-state index is 12.8. The molecule has 2 aliphatic heterocycles. The van der Waals surface area contributed by atoms with Crippen molar-refractivity contribution in [3.8, 4) is 6.01 Å². The van der Waals surface area contributed by atoms with Crippen molar-refractivity contribution in [2.45, 2.75) is 97.5 Å². The summed E-state index contributed by atoms with van der Waals surface area (Å²) in [5.41, 5.74) is -0.715. The van der Waals surface area contributed by atoms with Gasteiger partial charge in [-0.1, -0.05) is 0 Å². The van der Waals surface area contributed by atoms with Crippen LogP contribution in [-0.2, 0) is 18.8 Å². The van der Waals surface area contributed by atoms with Crippen LogP contribution >= 0.6 is 0 Å². The molecule has 2 amide bonds. The van der Waals surface area contributed by atoms with Gasteiger partial charge in [0.25, 0.3) is 0 Å². The van der Waals surface area contributed by atoms with Gasteiger partial charge < -0.3 is 29.0 Å². The molecule has 2 aliphatic rings. The fraction of sp³-hybridized carbons (Fsp3) is 0.760. The number of nitrogens with zero attached hydrogens (tertiary/aromatic N) is 3. The number of aromatic nitrogens is 2. The summed E-state index contributed by atoms with van der Waals surface area (Å²) >= 11 is 0. The molecule has 3 rings (SSSR count). The third-order valence-corrected chi connectivity index (χ3v) is 6.87. The molecule has 1 N–H and O–H groups in total. The van der Waals surface area contributed by atoms with Crippen LogP contribution in [0, 0.1) is 5.92 Å². The fourth-order valence-corrected chi connectivity index (χ4v) is 4.14. The lowest BCUT2D eigenvalue weighted by atomic mass is 9.81. The van der Waals surface area contributed by atoms with Gasteiger partial charge in [0, 0.05) is 30.9 Å². The van der Waals surface area contributed by atoms with E-state index in [1.165, 1.54) is 0 Å². The molecule has 0 bridgehead atoms. The Kier molecular flexibility index (Phi) is 8.55. The molecule has 0 radical (unpaired) electrons. The average Bonchev–Trinajstić information content (AvgIpc) is 2.99. The summed E-state index contributed by atoms with van der Waals surface area (Å²) in [5.74, 6) is 0.202. The highest BCUT2D eigenvalue weighted by atomic mass is 16.7. The van der Waals surface area contributed by atoms with Gasteiger partial charge in [0.15, 0.2) is 0 Å². The molecular weight excluding hydrogens is 463 g/mol. The molecule has 2 saturated heterocycles. The summed E-state index contributed by atoms with van der Waals surface area (Å²) in [6, 6.07) is -0.347. The number of hydrogen-bond donors (Lipinski definition) is 1. The largest absolute Gasteiger partial charge is 0.498 e. The van der Waals surface area contributed by atoms with Crippen molar-refractivity contribution < 1.29 is 28.4 Å². The van der Waals surface area contributed by atoms with Crippen molar-refractivity contribution in [2.24, 2.45) is 5.92 Å². The van der Waals surface area contributed by atoms with Crippen LogP contribution in [0.15, 0.2) is 12.4 Å². The molecule has 0 spiro atoms. The first-order valence-electron chi connectivity index (χ1n) is 12.8. The van der Waals surface area contributed by atoms with Gasteiger partial charge in [-0.25, -0.2) is 14.8 Å². The molecule has 200 valence electrons. The Morgan fingerprint density at radius 1 is 1.19 bits per heavy atom. The Hall–Kier alpha value is -2.40. The zero-order valence-corrected chi connectivity index (χ0v) is 22.9. The maximum atomic E-state index is 12.8. The van der Waals surface area contributed by atoms with E-state index in [2.05, 4.69) is 15.3 Å². The number of amides is 2. The average molecular weight is 504 g/mol. The summed E-state index contributed by atoms with van der Waals surface area (Å²) in [6.07, 6.45) is 5.46. The number of likely N-dealkylation sites (tertiary alicyclic amines) is 1. The Balaban J connectivity index is 1.43. The third-order valence-electron chi connectivity index (χ3n) is 6.87. The van der Waals surface area contributed by atoms with Gasteiger partial charge in [-0.3, -0.25) is 4.79 Å². The lowest BCUT2D eigenvalue weighted by molar-refractivity contribution is -0.135. The van der Waals surface area contributed by atoms with Crippen LogP contribution in [-0.4, -0.2) is 76.5 Å². The van der Waals surface area contributed by atoms with Crippen LogP contribution in [0.2, 0.25) is 0 Å². The number of carbonyl (C=O) groups excluding carboxylic acids is 2. The number of ether oxygens (including phenoxy) is 2. The smallest absolute Gasteiger partial charge is 0.463 e. The Bertz CT molecular complexity index is 902. The number of rotatable bonds is 7. The second-order valence-corrected chi connectivity index (χ2v) is 11.7. The maximum Gasteiger partial charge on any atom is 0.498 e. The Morgan fingerprint density at radius 2 is 1.81 bits per heavy atom. The minimum atomic E-state index is -0.647. The minimum Gasteiger partial charge on any atom is -0.463 e. The zero-order chi connectivity index (χ0) is 26.7. The van der Waals surface area contributed by atoms with Crippen molar-refractivity contribution in [1.82, 2.24) is 20.2 Å². The number of nitrogens with one attached hydrogen (secondary N) is 1. The van der Waals surface area contributed by atoms with Crippen LogP contribution in [0.1, 0.15) is 74.7 Å². The van der Waals surface area contributed by atoms with Crippen LogP contribution < -0.4 is 15.5 Å².